The monoisotopic (exact) mass is 209 g/mol. The van der Waals surface area contributed by atoms with Crippen LogP contribution in [0.1, 0.15) is 26.0 Å². The molecule has 1 fully saturated rings. The van der Waals surface area contributed by atoms with Gasteiger partial charge in [-0.15, -0.1) is 5.10 Å². The summed E-state index contributed by atoms with van der Waals surface area (Å²) in [7, 11) is 1.88. The number of nitrogens with one attached hydrogen (secondary N) is 1. The molecule has 5 nitrogen and oxygen atoms in total. The maximum atomic E-state index is 5.58. The molecule has 0 aliphatic heterocycles. The minimum Gasteiger partial charge on any atom is -0.271 e. The smallest absolute Gasteiger partial charge is 0.0843 e. The molecule has 0 bridgehead atoms. The van der Waals surface area contributed by atoms with E-state index in [1.165, 1.54) is 6.42 Å². The normalized spacial score (nSPS) is 25.2. The number of aryl methyl sites for hydroxylation is 1. The van der Waals surface area contributed by atoms with E-state index in [0.29, 0.717) is 17.4 Å². The Morgan fingerprint density at radius 3 is 2.80 bits per heavy atom. The van der Waals surface area contributed by atoms with E-state index < -0.39 is 0 Å². The summed E-state index contributed by atoms with van der Waals surface area (Å²) in [5, 5.41) is 8.00. The van der Waals surface area contributed by atoms with Crippen molar-refractivity contribution in [3.8, 4) is 0 Å². The summed E-state index contributed by atoms with van der Waals surface area (Å²) in [6.07, 6.45) is 4.04. The second-order valence-corrected chi connectivity index (χ2v) is 5.16. The second kappa shape index (κ2) is 3.57. The van der Waals surface area contributed by atoms with Crippen LogP contribution in [0, 0.1) is 11.3 Å². The van der Waals surface area contributed by atoms with Gasteiger partial charge in [-0.2, -0.15) is 0 Å². The molecule has 5 heteroatoms. The van der Waals surface area contributed by atoms with Crippen molar-refractivity contribution in [1.29, 1.82) is 0 Å². The molecule has 0 radical (unpaired) electrons. The first-order valence-electron chi connectivity index (χ1n) is 5.34. The average molecular weight is 209 g/mol. The lowest BCUT2D eigenvalue weighted by molar-refractivity contribution is 0.406. The maximum absolute atomic E-state index is 5.58. The zero-order chi connectivity index (χ0) is 11.1. The number of nitrogens with two attached hydrogens (primary N) is 1. The van der Waals surface area contributed by atoms with Crippen LogP contribution in [0.25, 0.3) is 0 Å². The molecule has 0 amide bonds. The lowest BCUT2D eigenvalue weighted by Gasteiger charge is -2.15. The van der Waals surface area contributed by atoms with E-state index in [2.05, 4.69) is 29.6 Å². The minimum atomic E-state index is 0.316. The Balaban J connectivity index is 1.98. The Hall–Kier alpha value is -0.940. The molecule has 84 valence electrons. The van der Waals surface area contributed by atoms with Crippen LogP contribution in [0.15, 0.2) is 6.20 Å². The summed E-state index contributed by atoms with van der Waals surface area (Å²) in [4.78, 5) is 0. The van der Waals surface area contributed by atoms with Crippen LogP contribution in [-0.2, 0) is 13.5 Å². The van der Waals surface area contributed by atoms with E-state index in [1.54, 1.807) is 4.68 Å². The van der Waals surface area contributed by atoms with Crippen molar-refractivity contribution in [3.05, 3.63) is 11.9 Å². The molecule has 1 aliphatic carbocycles. The number of nitrogens with zero attached hydrogens (tertiary/aromatic N) is 3. The molecule has 2 unspecified atom stereocenters. The van der Waals surface area contributed by atoms with Gasteiger partial charge in [0.2, 0.25) is 0 Å². The van der Waals surface area contributed by atoms with Gasteiger partial charge < -0.3 is 0 Å². The van der Waals surface area contributed by atoms with Gasteiger partial charge in [-0.3, -0.25) is 16.0 Å². The number of hydrazine groups is 1. The Bertz CT molecular complexity index is 343. The first kappa shape index (κ1) is 10.6. The molecule has 1 aliphatic rings. The van der Waals surface area contributed by atoms with Gasteiger partial charge in [0.1, 0.15) is 0 Å². The van der Waals surface area contributed by atoms with Crippen LogP contribution in [0.2, 0.25) is 0 Å². The standard InChI is InChI=1S/C10H19N5/c1-10(2)5-8(10)9(12-11)4-7-6-15(3)14-13-7/h6,8-9,12H,4-5,11H2,1-3H3. The van der Waals surface area contributed by atoms with Crippen molar-refractivity contribution in [2.24, 2.45) is 24.2 Å². The lowest BCUT2D eigenvalue weighted by atomic mass is 10.0. The van der Waals surface area contributed by atoms with Crippen molar-refractivity contribution >= 4 is 0 Å². The number of hydrogen-bond donors (Lipinski definition) is 2. The van der Waals surface area contributed by atoms with Gasteiger partial charge in [0, 0.05) is 25.7 Å². The van der Waals surface area contributed by atoms with Crippen molar-refractivity contribution in [2.45, 2.75) is 32.7 Å². The molecular formula is C10H19N5. The summed E-state index contributed by atoms with van der Waals surface area (Å²) >= 11 is 0. The zero-order valence-electron chi connectivity index (χ0n) is 9.57. The summed E-state index contributed by atoms with van der Waals surface area (Å²) in [5.74, 6) is 6.24. The highest BCUT2D eigenvalue weighted by atomic mass is 15.4. The third-order valence-corrected chi connectivity index (χ3v) is 3.37. The Kier molecular flexibility index (Phi) is 2.52. The summed E-state index contributed by atoms with van der Waals surface area (Å²) in [6, 6.07) is 0.316. The highest BCUT2D eigenvalue weighted by Crippen LogP contribution is 2.53. The molecule has 3 N–H and O–H groups in total. The van der Waals surface area contributed by atoms with Gasteiger partial charge in [0.25, 0.3) is 0 Å². The van der Waals surface area contributed by atoms with Gasteiger partial charge in [-0.25, -0.2) is 0 Å². The molecule has 15 heavy (non-hydrogen) atoms. The minimum absolute atomic E-state index is 0.316. The van der Waals surface area contributed by atoms with Crippen molar-refractivity contribution < 1.29 is 0 Å². The molecular weight excluding hydrogens is 190 g/mol. The van der Waals surface area contributed by atoms with Crippen LogP contribution in [0.4, 0.5) is 0 Å². The zero-order valence-corrected chi connectivity index (χ0v) is 9.57. The van der Waals surface area contributed by atoms with E-state index in [9.17, 15) is 0 Å². The van der Waals surface area contributed by atoms with Gasteiger partial charge in [0.15, 0.2) is 0 Å². The Morgan fingerprint density at radius 2 is 2.40 bits per heavy atom. The van der Waals surface area contributed by atoms with Crippen molar-refractivity contribution in [3.63, 3.8) is 0 Å². The highest BCUT2D eigenvalue weighted by Gasteiger charge is 2.49. The van der Waals surface area contributed by atoms with Crippen molar-refractivity contribution in [1.82, 2.24) is 20.4 Å². The quantitative estimate of drug-likeness (QED) is 0.550. The van der Waals surface area contributed by atoms with Gasteiger partial charge in [-0.1, -0.05) is 19.1 Å². The fourth-order valence-corrected chi connectivity index (χ4v) is 2.23. The topological polar surface area (TPSA) is 68.8 Å². The summed E-state index contributed by atoms with van der Waals surface area (Å²) in [6.45, 7) is 4.55. The molecule has 1 aromatic heterocycles. The van der Waals surface area contributed by atoms with Crippen molar-refractivity contribution in [2.75, 3.05) is 0 Å². The number of hydrogen-bond acceptors (Lipinski definition) is 4. The first-order chi connectivity index (χ1) is 7.03. The number of aromatic nitrogens is 3. The lowest BCUT2D eigenvalue weighted by Crippen LogP contribution is -2.39. The van der Waals surface area contributed by atoms with Crippen LogP contribution >= 0.6 is 0 Å². The van der Waals surface area contributed by atoms with E-state index in [1.807, 2.05) is 13.2 Å². The molecule has 1 aromatic rings. The predicted octanol–water partition coefficient (Wildman–Crippen LogP) is 0.236. The molecule has 2 rings (SSSR count). The fourth-order valence-electron chi connectivity index (χ4n) is 2.23. The van der Waals surface area contributed by atoms with Gasteiger partial charge in [0.05, 0.1) is 5.69 Å². The van der Waals surface area contributed by atoms with Gasteiger partial charge in [-0.05, 0) is 17.8 Å². The summed E-state index contributed by atoms with van der Waals surface area (Å²) < 4.78 is 1.72. The van der Waals surface area contributed by atoms with Crippen LogP contribution in [0.3, 0.4) is 0 Å². The van der Waals surface area contributed by atoms with E-state index in [-0.39, 0.29) is 0 Å². The SMILES string of the molecule is Cn1cc(CC(NN)C2CC2(C)C)nn1. The summed E-state index contributed by atoms with van der Waals surface area (Å²) in [5.41, 5.74) is 4.33. The molecule has 1 saturated carbocycles. The molecule has 1 heterocycles. The molecule has 0 spiro atoms. The second-order valence-electron chi connectivity index (χ2n) is 5.16. The third-order valence-electron chi connectivity index (χ3n) is 3.37. The average Bonchev–Trinajstić information content (AvgIpc) is 2.59. The van der Waals surface area contributed by atoms with Crippen LogP contribution in [-0.4, -0.2) is 21.0 Å². The Labute approximate surface area is 90.0 Å². The molecule has 2 atom stereocenters. The van der Waals surface area contributed by atoms with E-state index in [0.717, 1.165) is 12.1 Å². The predicted molar refractivity (Wildman–Crippen MR) is 57.7 cm³/mol. The largest absolute Gasteiger partial charge is 0.271 e. The maximum Gasteiger partial charge on any atom is 0.0843 e. The van der Waals surface area contributed by atoms with Crippen LogP contribution < -0.4 is 11.3 Å². The molecule has 0 aromatic carbocycles. The molecule has 0 saturated heterocycles. The van der Waals surface area contributed by atoms with E-state index >= 15 is 0 Å². The van der Waals surface area contributed by atoms with Crippen LogP contribution in [0.5, 0.6) is 0 Å². The van der Waals surface area contributed by atoms with Gasteiger partial charge >= 0.3 is 0 Å². The third kappa shape index (κ3) is 2.18. The fraction of sp³-hybridized carbons (Fsp3) is 0.800. The number of rotatable bonds is 4. The highest BCUT2D eigenvalue weighted by molar-refractivity contribution is 5.06. The van der Waals surface area contributed by atoms with E-state index in [4.69, 9.17) is 5.84 Å². The Morgan fingerprint density at radius 1 is 1.73 bits per heavy atom. The first-order valence-corrected chi connectivity index (χ1v) is 5.34.